The molecule has 0 heterocycles. The summed E-state index contributed by atoms with van der Waals surface area (Å²) < 4.78 is 26.6. The molecular weight excluding hydrogens is 236 g/mol. The fraction of sp³-hybridized carbons (Fsp3) is 0.500. The second-order valence-corrected chi connectivity index (χ2v) is 6.27. The lowest BCUT2D eigenvalue weighted by Crippen LogP contribution is -2.32. The van der Waals surface area contributed by atoms with Crippen molar-refractivity contribution in [2.24, 2.45) is 11.7 Å². The van der Waals surface area contributed by atoms with Crippen LogP contribution in [0.4, 0.5) is 0 Å². The molecule has 1 aromatic rings. The zero-order chi connectivity index (χ0) is 12.3. The lowest BCUT2D eigenvalue weighted by Gasteiger charge is -2.25. The van der Waals surface area contributed by atoms with Crippen LogP contribution in [0.25, 0.3) is 0 Å². The van der Waals surface area contributed by atoms with Crippen LogP contribution in [0.15, 0.2) is 29.2 Å². The van der Waals surface area contributed by atoms with Crippen LogP contribution < -0.4 is 10.5 Å². The van der Waals surface area contributed by atoms with Crippen LogP contribution in [-0.4, -0.2) is 15.0 Å². The zero-order valence-corrected chi connectivity index (χ0v) is 10.5. The van der Waals surface area contributed by atoms with Crippen LogP contribution in [0.1, 0.15) is 24.8 Å². The predicted molar refractivity (Wildman–Crippen MR) is 66.9 cm³/mol. The average molecular weight is 254 g/mol. The molecule has 0 saturated heterocycles. The summed E-state index contributed by atoms with van der Waals surface area (Å²) in [5.74, 6) is 0.516. The van der Waals surface area contributed by atoms with Crippen molar-refractivity contribution in [3.63, 3.8) is 0 Å². The highest BCUT2D eigenvalue weighted by molar-refractivity contribution is 7.89. The molecule has 1 aromatic carbocycles. The molecule has 0 atom stereocenters. The second kappa shape index (κ2) is 5.16. The van der Waals surface area contributed by atoms with Crippen LogP contribution in [0.5, 0.6) is 0 Å². The number of hydrogen-bond donors (Lipinski definition) is 2. The van der Waals surface area contributed by atoms with Crippen LogP contribution in [0, 0.1) is 5.92 Å². The molecule has 0 radical (unpaired) electrons. The number of sulfonamides is 1. The predicted octanol–water partition coefficient (Wildman–Crippen LogP) is 1.22. The molecule has 2 rings (SSSR count). The normalized spacial score (nSPS) is 16.8. The highest BCUT2D eigenvalue weighted by Crippen LogP contribution is 2.25. The molecular formula is C12H18N2O2S. The first kappa shape index (κ1) is 12.5. The van der Waals surface area contributed by atoms with Crippen molar-refractivity contribution in [2.75, 3.05) is 6.54 Å². The first-order valence-corrected chi connectivity index (χ1v) is 7.39. The van der Waals surface area contributed by atoms with E-state index in [1.807, 2.05) is 6.07 Å². The maximum Gasteiger partial charge on any atom is 0.240 e. The summed E-state index contributed by atoms with van der Waals surface area (Å²) in [6.07, 6.45) is 3.48. The molecule has 1 aliphatic rings. The Kier molecular flexibility index (Phi) is 3.81. The molecule has 0 amide bonds. The number of rotatable bonds is 5. The molecule has 3 N–H and O–H groups in total. The van der Waals surface area contributed by atoms with Crippen molar-refractivity contribution in [3.8, 4) is 0 Å². The van der Waals surface area contributed by atoms with E-state index in [9.17, 15) is 8.42 Å². The van der Waals surface area contributed by atoms with Crippen LogP contribution >= 0.6 is 0 Å². The Hall–Kier alpha value is -0.910. The molecule has 0 aliphatic heterocycles. The second-order valence-electron chi connectivity index (χ2n) is 4.50. The molecule has 0 aromatic heterocycles. The lowest BCUT2D eigenvalue weighted by molar-refractivity contribution is 0.316. The van der Waals surface area contributed by atoms with Crippen molar-refractivity contribution in [1.82, 2.24) is 4.72 Å². The quantitative estimate of drug-likeness (QED) is 0.830. The third kappa shape index (κ3) is 3.06. The van der Waals surface area contributed by atoms with Gasteiger partial charge >= 0.3 is 0 Å². The van der Waals surface area contributed by atoms with Gasteiger partial charge in [0.1, 0.15) is 0 Å². The van der Waals surface area contributed by atoms with Gasteiger partial charge in [0.05, 0.1) is 4.90 Å². The van der Waals surface area contributed by atoms with E-state index < -0.39 is 10.0 Å². The van der Waals surface area contributed by atoms with Gasteiger partial charge in [0.25, 0.3) is 0 Å². The zero-order valence-electron chi connectivity index (χ0n) is 9.72. The van der Waals surface area contributed by atoms with Crippen molar-refractivity contribution in [3.05, 3.63) is 29.8 Å². The number of nitrogens with two attached hydrogens (primary N) is 1. The lowest BCUT2D eigenvalue weighted by atomic mass is 9.86. The Morgan fingerprint density at radius 2 is 2.12 bits per heavy atom. The van der Waals surface area contributed by atoms with E-state index in [2.05, 4.69) is 4.72 Å². The van der Waals surface area contributed by atoms with E-state index in [1.165, 1.54) is 6.42 Å². The summed E-state index contributed by atoms with van der Waals surface area (Å²) >= 11 is 0. The fourth-order valence-electron chi connectivity index (χ4n) is 1.85. The van der Waals surface area contributed by atoms with Gasteiger partial charge in [0.2, 0.25) is 10.0 Å². The Morgan fingerprint density at radius 3 is 2.71 bits per heavy atom. The Morgan fingerprint density at radius 1 is 1.35 bits per heavy atom. The number of benzene rings is 1. The highest BCUT2D eigenvalue weighted by Gasteiger charge is 2.21. The largest absolute Gasteiger partial charge is 0.326 e. The molecule has 1 fully saturated rings. The van der Waals surface area contributed by atoms with Crippen molar-refractivity contribution in [1.29, 1.82) is 0 Å². The molecule has 1 saturated carbocycles. The number of hydrogen-bond acceptors (Lipinski definition) is 3. The van der Waals surface area contributed by atoms with Crippen LogP contribution in [-0.2, 0) is 16.6 Å². The summed E-state index contributed by atoms with van der Waals surface area (Å²) in [6, 6.07) is 6.77. The van der Waals surface area contributed by atoms with Gasteiger partial charge in [-0.3, -0.25) is 0 Å². The average Bonchev–Trinajstić information content (AvgIpc) is 2.27. The molecule has 0 unspecified atom stereocenters. The summed E-state index contributed by atoms with van der Waals surface area (Å²) in [5.41, 5.74) is 6.33. The van der Waals surface area contributed by atoms with E-state index >= 15 is 0 Å². The Bertz CT molecular complexity index is 481. The van der Waals surface area contributed by atoms with Crippen LogP contribution in [0.3, 0.4) is 0 Å². The molecule has 1 aliphatic carbocycles. The van der Waals surface area contributed by atoms with Gasteiger partial charge in [-0.05, 0) is 36.5 Å². The van der Waals surface area contributed by atoms with Crippen molar-refractivity contribution in [2.45, 2.75) is 30.7 Å². The smallest absolute Gasteiger partial charge is 0.240 e. The SMILES string of the molecule is NCc1cccc(S(=O)(=O)NCC2CCC2)c1. The summed E-state index contributed by atoms with van der Waals surface area (Å²) in [6.45, 7) is 0.904. The standard InChI is InChI=1S/C12H18N2O2S/c13-8-11-5-2-6-12(7-11)17(15,16)14-9-10-3-1-4-10/h2,5-7,10,14H,1,3-4,8-9,13H2. The molecule has 0 bridgehead atoms. The van der Waals surface area contributed by atoms with E-state index in [0.29, 0.717) is 23.9 Å². The van der Waals surface area contributed by atoms with E-state index in [0.717, 1.165) is 18.4 Å². The van der Waals surface area contributed by atoms with Gasteiger partial charge in [-0.1, -0.05) is 18.6 Å². The maximum absolute atomic E-state index is 12.0. The van der Waals surface area contributed by atoms with Crippen molar-refractivity contribution < 1.29 is 8.42 Å². The molecule has 5 heteroatoms. The summed E-state index contributed by atoms with van der Waals surface area (Å²) in [4.78, 5) is 0.305. The summed E-state index contributed by atoms with van der Waals surface area (Å²) in [7, 11) is -3.37. The van der Waals surface area contributed by atoms with Gasteiger partial charge in [-0.2, -0.15) is 0 Å². The first-order chi connectivity index (χ1) is 8.12. The molecule has 94 valence electrons. The van der Waals surface area contributed by atoms with Crippen molar-refractivity contribution >= 4 is 10.0 Å². The third-order valence-corrected chi connectivity index (χ3v) is 4.65. The Balaban J connectivity index is 2.07. The number of nitrogens with one attached hydrogen (secondary N) is 1. The monoisotopic (exact) mass is 254 g/mol. The van der Waals surface area contributed by atoms with Gasteiger partial charge in [0.15, 0.2) is 0 Å². The molecule has 17 heavy (non-hydrogen) atoms. The van der Waals surface area contributed by atoms with E-state index in [-0.39, 0.29) is 0 Å². The topological polar surface area (TPSA) is 72.2 Å². The van der Waals surface area contributed by atoms with E-state index in [4.69, 9.17) is 5.73 Å². The Labute approximate surface area is 102 Å². The maximum atomic E-state index is 12.0. The molecule has 0 spiro atoms. The summed E-state index contributed by atoms with van der Waals surface area (Å²) in [5, 5.41) is 0. The minimum atomic E-state index is -3.37. The third-order valence-electron chi connectivity index (χ3n) is 3.23. The highest BCUT2D eigenvalue weighted by atomic mass is 32.2. The van der Waals surface area contributed by atoms with Crippen LogP contribution in [0.2, 0.25) is 0 Å². The van der Waals surface area contributed by atoms with Gasteiger partial charge in [-0.15, -0.1) is 0 Å². The fourth-order valence-corrected chi connectivity index (χ4v) is 3.03. The van der Waals surface area contributed by atoms with Gasteiger partial charge < -0.3 is 5.73 Å². The minimum Gasteiger partial charge on any atom is -0.326 e. The van der Waals surface area contributed by atoms with Gasteiger partial charge in [-0.25, -0.2) is 13.1 Å². The molecule has 4 nitrogen and oxygen atoms in total. The van der Waals surface area contributed by atoms with Gasteiger partial charge in [0, 0.05) is 13.1 Å². The van der Waals surface area contributed by atoms with E-state index in [1.54, 1.807) is 18.2 Å². The first-order valence-electron chi connectivity index (χ1n) is 5.90. The minimum absolute atomic E-state index is 0.305.